The highest BCUT2D eigenvalue weighted by Gasteiger charge is 2.39. The molecule has 0 N–H and O–H groups in total. The molecule has 0 spiro atoms. The van der Waals surface area contributed by atoms with Crippen LogP contribution in [-0.4, -0.2) is 35.4 Å². The Kier molecular flexibility index (Phi) is 7.10. The molecule has 1 atom stereocenters. The smallest absolute Gasteiger partial charge is 0.338 e. The Morgan fingerprint density at radius 2 is 1.73 bits per heavy atom. The first kappa shape index (κ1) is 23.0. The van der Waals surface area contributed by atoms with E-state index in [9.17, 15) is 19.2 Å². The molecule has 33 heavy (non-hydrogen) atoms. The molecule has 1 aromatic heterocycles. The Balaban J connectivity index is 1.34. The third kappa shape index (κ3) is 5.43. The SMILES string of the molecule is O=C(COC(=O)c1ccc(N2C(=O)CC(SCc3ccco3)C2=O)cc1)c1ccc(Br)cc1. The molecule has 168 valence electrons. The lowest BCUT2D eigenvalue weighted by Crippen LogP contribution is -2.31. The number of rotatable bonds is 8. The van der Waals surface area contributed by atoms with E-state index in [0.29, 0.717) is 17.0 Å². The van der Waals surface area contributed by atoms with Gasteiger partial charge < -0.3 is 9.15 Å². The highest BCUT2D eigenvalue weighted by atomic mass is 79.9. The number of anilines is 1. The van der Waals surface area contributed by atoms with Crippen LogP contribution in [0.3, 0.4) is 0 Å². The molecular weight excluding hydrogens is 510 g/mol. The zero-order valence-corrected chi connectivity index (χ0v) is 19.6. The number of imide groups is 1. The van der Waals surface area contributed by atoms with E-state index in [1.807, 2.05) is 6.07 Å². The number of carbonyl (C=O) groups excluding carboxylic acids is 4. The molecule has 1 unspecified atom stereocenters. The van der Waals surface area contributed by atoms with Crippen LogP contribution in [0.15, 0.2) is 75.8 Å². The Labute approximate surface area is 202 Å². The van der Waals surface area contributed by atoms with Gasteiger partial charge in [0.15, 0.2) is 12.4 Å². The first-order valence-corrected chi connectivity index (χ1v) is 11.8. The summed E-state index contributed by atoms with van der Waals surface area (Å²) in [5.41, 5.74) is 1.03. The maximum atomic E-state index is 12.7. The second-order valence-electron chi connectivity index (χ2n) is 7.20. The summed E-state index contributed by atoms with van der Waals surface area (Å²) in [6.07, 6.45) is 1.67. The number of furan rings is 1. The number of Topliss-reactive ketones (excluding diaryl/α,β-unsaturated/α-hetero) is 1. The molecular formula is C24H18BrNO6S. The van der Waals surface area contributed by atoms with Crippen LogP contribution in [0.1, 0.15) is 32.9 Å². The van der Waals surface area contributed by atoms with E-state index in [0.717, 1.165) is 15.1 Å². The van der Waals surface area contributed by atoms with Crippen LogP contribution in [0.5, 0.6) is 0 Å². The van der Waals surface area contributed by atoms with E-state index in [4.69, 9.17) is 9.15 Å². The Morgan fingerprint density at radius 1 is 1.03 bits per heavy atom. The van der Waals surface area contributed by atoms with Gasteiger partial charge in [0.25, 0.3) is 0 Å². The highest BCUT2D eigenvalue weighted by molar-refractivity contribution is 9.10. The molecule has 1 fully saturated rings. The van der Waals surface area contributed by atoms with E-state index in [1.54, 1.807) is 36.6 Å². The number of amides is 2. The molecule has 2 heterocycles. The van der Waals surface area contributed by atoms with Crippen molar-refractivity contribution in [2.24, 2.45) is 0 Å². The van der Waals surface area contributed by atoms with Gasteiger partial charge in [-0.1, -0.05) is 28.1 Å². The number of thioether (sulfide) groups is 1. The van der Waals surface area contributed by atoms with Crippen LogP contribution in [0.2, 0.25) is 0 Å². The number of benzene rings is 2. The Bertz CT molecular complexity index is 1170. The van der Waals surface area contributed by atoms with Crippen LogP contribution in [0, 0.1) is 0 Å². The van der Waals surface area contributed by atoms with Gasteiger partial charge in [0.2, 0.25) is 11.8 Å². The fourth-order valence-electron chi connectivity index (χ4n) is 3.26. The van der Waals surface area contributed by atoms with Crippen molar-refractivity contribution in [2.45, 2.75) is 17.4 Å². The zero-order chi connectivity index (χ0) is 23.4. The number of ether oxygens (including phenoxy) is 1. The number of carbonyl (C=O) groups is 4. The van der Waals surface area contributed by atoms with E-state index in [-0.39, 0.29) is 36.2 Å². The largest absolute Gasteiger partial charge is 0.468 e. The van der Waals surface area contributed by atoms with E-state index in [2.05, 4.69) is 15.9 Å². The number of hydrogen-bond donors (Lipinski definition) is 0. The first-order chi connectivity index (χ1) is 15.9. The molecule has 1 aliphatic heterocycles. The zero-order valence-electron chi connectivity index (χ0n) is 17.2. The van der Waals surface area contributed by atoms with Crippen LogP contribution < -0.4 is 4.90 Å². The van der Waals surface area contributed by atoms with Crippen LogP contribution in [0.4, 0.5) is 5.69 Å². The van der Waals surface area contributed by atoms with Gasteiger partial charge in [0.1, 0.15) is 5.76 Å². The number of halogens is 1. The van der Waals surface area contributed by atoms with Gasteiger partial charge >= 0.3 is 5.97 Å². The Hall–Kier alpha value is -3.17. The molecule has 2 aromatic carbocycles. The molecule has 2 amide bonds. The van der Waals surface area contributed by atoms with Crippen molar-refractivity contribution < 1.29 is 28.3 Å². The molecule has 1 aliphatic rings. The molecule has 0 bridgehead atoms. The molecule has 4 rings (SSSR count). The summed E-state index contributed by atoms with van der Waals surface area (Å²) in [4.78, 5) is 50.8. The number of ketones is 1. The molecule has 0 radical (unpaired) electrons. The molecule has 1 saturated heterocycles. The summed E-state index contributed by atoms with van der Waals surface area (Å²) in [7, 11) is 0. The summed E-state index contributed by atoms with van der Waals surface area (Å²) >= 11 is 4.65. The normalized spacial score (nSPS) is 15.7. The van der Waals surface area contributed by atoms with Gasteiger partial charge in [-0.05, 0) is 48.5 Å². The first-order valence-electron chi connectivity index (χ1n) is 9.99. The second kappa shape index (κ2) is 10.2. The van der Waals surface area contributed by atoms with Gasteiger partial charge in [-0.2, -0.15) is 0 Å². The summed E-state index contributed by atoms with van der Waals surface area (Å²) in [6.45, 7) is -0.389. The lowest BCUT2D eigenvalue weighted by molar-refractivity contribution is -0.121. The highest BCUT2D eigenvalue weighted by Crippen LogP contribution is 2.31. The van der Waals surface area contributed by atoms with Crippen molar-refractivity contribution in [1.82, 2.24) is 0 Å². The molecule has 0 aliphatic carbocycles. The monoisotopic (exact) mass is 527 g/mol. The number of nitrogens with zero attached hydrogens (tertiary/aromatic N) is 1. The van der Waals surface area contributed by atoms with Gasteiger partial charge in [-0.25, -0.2) is 9.69 Å². The lowest BCUT2D eigenvalue weighted by Gasteiger charge is -2.15. The third-order valence-electron chi connectivity index (χ3n) is 4.97. The van der Waals surface area contributed by atoms with Crippen LogP contribution >= 0.6 is 27.7 Å². The van der Waals surface area contributed by atoms with E-state index < -0.39 is 11.2 Å². The number of esters is 1. The van der Waals surface area contributed by atoms with Crippen molar-refractivity contribution in [1.29, 1.82) is 0 Å². The van der Waals surface area contributed by atoms with E-state index >= 15 is 0 Å². The molecule has 0 saturated carbocycles. The topological polar surface area (TPSA) is 93.9 Å². The average Bonchev–Trinajstić information content (AvgIpc) is 3.44. The number of hydrogen-bond acceptors (Lipinski definition) is 7. The van der Waals surface area contributed by atoms with Gasteiger partial charge in [-0.15, -0.1) is 11.8 Å². The van der Waals surface area contributed by atoms with Crippen molar-refractivity contribution in [3.8, 4) is 0 Å². The second-order valence-corrected chi connectivity index (χ2v) is 9.31. The van der Waals surface area contributed by atoms with Gasteiger partial charge in [-0.3, -0.25) is 14.4 Å². The van der Waals surface area contributed by atoms with Crippen LogP contribution in [0.25, 0.3) is 0 Å². The van der Waals surface area contributed by atoms with Crippen molar-refractivity contribution >= 4 is 56.9 Å². The Morgan fingerprint density at radius 3 is 2.39 bits per heavy atom. The van der Waals surface area contributed by atoms with E-state index in [1.165, 1.54) is 36.0 Å². The predicted molar refractivity (Wildman–Crippen MR) is 126 cm³/mol. The fourth-order valence-corrected chi connectivity index (χ4v) is 4.57. The minimum absolute atomic E-state index is 0.103. The molecule has 9 heteroatoms. The molecule has 3 aromatic rings. The minimum atomic E-state index is -0.669. The summed E-state index contributed by atoms with van der Waals surface area (Å²) in [5, 5.41) is -0.489. The third-order valence-corrected chi connectivity index (χ3v) is 6.72. The van der Waals surface area contributed by atoms with Crippen molar-refractivity contribution in [3.63, 3.8) is 0 Å². The average molecular weight is 528 g/mol. The minimum Gasteiger partial charge on any atom is -0.468 e. The summed E-state index contributed by atoms with van der Waals surface area (Å²) in [5.74, 6) is -0.356. The van der Waals surface area contributed by atoms with Crippen LogP contribution in [-0.2, 0) is 20.1 Å². The van der Waals surface area contributed by atoms with Gasteiger partial charge in [0.05, 0.1) is 28.5 Å². The summed E-state index contributed by atoms with van der Waals surface area (Å²) < 4.78 is 11.2. The standard InChI is InChI=1S/C24H18BrNO6S/c25-17-7-3-15(4-8-17)20(27)13-32-24(30)16-5-9-18(10-6-16)26-22(28)12-21(23(26)29)33-14-19-2-1-11-31-19/h1-11,21H,12-14H2. The van der Waals surface area contributed by atoms with Crippen molar-refractivity contribution in [2.75, 3.05) is 11.5 Å². The van der Waals surface area contributed by atoms with Gasteiger partial charge in [0, 0.05) is 16.5 Å². The maximum absolute atomic E-state index is 12.7. The summed E-state index contributed by atoms with van der Waals surface area (Å²) in [6, 6.07) is 16.3. The predicted octanol–water partition coefficient (Wildman–Crippen LogP) is 4.65. The molecule has 7 nitrogen and oxygen atoms in total. The maximum Gasteiger partial charge on any atom is 0.338 e. The fraction of sp³-hybridized carbons (Fsp3) is 0.167. The quantitative estimate of drug-likeness (QED) is 0.239. The van der Waals surface area contributed by atoms with Crippen molar-refractivity contribution in [3.05, 3.63) is 88.3 Å². The lowest BCUT2D eigenvalue weighted by atomic mass is 10.1.